The molecule has 4 nitrogen and oxygen atoms in total. The zero-order chi connectivity index (χ0) is 17.9. The summed E-state index contributed by atoms with van der Waals surface area (Å²) in [5.41, 5.74) is 2.03. The minimum atomic E-state index is -3.24. The van der Waals surface area contributed by atoms with E-state index in [0.717, 1.165) is 42.0 Å². The third-order valence-corrected chi connectivity index (χ3v) is 6.60. The van der Waals surface area contributed by atoms with Crippen molar-refractivity contribution in [3.05, 3.63) is 58.9 Å². The van der Waals surface area contributed by atoms with Crippen molar-refractivity contribution >= 4 is 21.6 Å². The predicted molar refractivity (Wildman–Crippen MR) is 102 cm³/mol. The van der Waals surface area contributed by atoms with Crippen LogP contribution >= 0.6 is 11.6 Å². The number of halogens is 1. The third-order valence-electron chi connectivity index (χ3n) is 4.95. The molecule has 0 aliphatic heterocycles. The van der Waals surface area contributed by atoms with Gasteiger partial charge in [-0.15, -0.1) is 0 Å². The molecule has 0 N–H and O–H groups in total. The monoisotopic (exact) mass is 380 g/mol. The second-order valence-electron chi connectivity index (χ2n) is 6.82. The van der Waals surface area contributed by atoms with Gasteiger partial charge in [-0.05, 0) is 36.6 Å². The van der Waals surface area contributed by atoms with Crippen LogP contribution in [0.4, 0.5) is 0 Å². The molecule has 0 amide bonds. The van der Waals surface area contributed by atoms with Gasteiger partial charge in [0.2, 0.25) is 10.0 Å². The van der Waals surface area contributed by atoms with Gasteiger partial charge in [0.25, 0.3) is 0 Å². The van der Waals surface area contributed by atoms with E-state index in [1.807, 2.05) is 42.6 Å². The van der Waals surface area contributed by atoms with Crippen LogP contribution in [0.5, 0.6) is 0 Å². The molecular formula is C19H25ClN2O2S. The molecule has 1 aliphatic carbocycles. The number of rotatable bonds is 6. The van der Waals surface area contributed by atoms with E-state index in [2.05, 4.69) is 4.57 Å². The lowest BCUT2D eigenvalue weighted by atomic mass is 9.95. The van der Waals surface area contributed by atoms with Crippen molar-refractivity contribution < 1.29 is 8.42 Å². The predicted octanol–water partition coefficient (Wildman–Crippen LogP) is 4.28. The summed E-state index contributed by atoms with van der Waals surface area (Å²) < 4.78 is 28.5. The van der Waals surface area contributed by atoms with Gasteiger partial charge in [-0.25, -0.2) is 8.42 Å². The number of nitrogens with zero attached hydrogens (tertiary/aromatic N) is 2. The summed E-state index contributed by atoms with van der Waals surface area (Å²) >= 11 is 6.27. The zero-order valence-electron chi connectivity index (χ0n) is 14.6. The lowest BCUT2D eigenvalue weighted by Crippen LogP contribution is -2.40. The molecular weight excluding hydrogens is 356 g/mol. The average Bonchev–Trinajstić information content (AvgIpc) is 3.01. The number of aromatic nitrogens is 1. The van der Waals surface area contributed by atoms with E-state index in [9.17, 15) is 8.42 Å². The largest absolute Gasteiger partial charge is 0.346 e. The summed E-state index contributed by atoms with van der Waals surface area (Å²) in [6.45, 7) is 1.06. The Kier molecular flexibility index (Phi) is 5.87. The molecule has 25 heavy (non-hydrogen) atoms. The Morgan fingerprint density at radius 3 is 2.52 bits per heavy atom. The molecule has 2 aromatic rings. The van der Waals surface area contributed by atoms with Crippen LogP contribution in [-0.2, 0) is 23.1 Å². The fourth-order valence-corrected chi connectivity index (χ4v) is 4.92. The van der Waals surface area contributed by atoms with Crippen molar-refractivity contribution in [2.75, 3.05) is 6.26 Å². The van der Waals surface area contributed by atoms with E-state index in [1.165, 1.54) is 12.7 Å². The van der Waals surface area contributed by atoms with Crippen molar-refractivity contribution in [1.82, 2.24) is 8.87 Å². The molecule has 0 bridgehead atoms. The second kappa shape index (κ2) is 7.94. The molecule has 0 spiro atoms. The molecule has 1 aromatic heterocycles. The molecule has 1 fully saturated rings. The summed E-state index contributed by atoms with van der Waals surface area (Å²) in [6, 6.07) is 11.8. The van der Waals surface area contributed by atoms with Crippen LogP contribution in [0.25, 0.3) is 0 Å². The number of benzene rings is 1. The van der Waals surface area contributed by atoms with Gasteiger partial charge in [0.15, 0.2) is 0 Å². The van der Waals surface area contributed by atoms with Crippen molar-refractivity contribution in [3.63, 3.8) is 0 Å². The Morgan fingerprint density at radius 2 is 1.84 bits per heavy atom. The van der Waals surface area contributed by atoms with Crippen LogP contribution in [0.1, 0.15) is 43.4 Å². The molecule has 6 heteroatoms. The topological polar surface area (TPSA) is 42.3 Å². The summed E-state index contributed by atoms with van der Waals surface area (Å²) in [5, 5.41) is 0.731. The molecule has 0 radical (unpaired) electrons. The maximum Gasteiger partial charge on any atom is 0.211 e. The van der Waals surface area contributed by atoms with Gasteiger partial charge in [-0.2, -0.15) is 4.31 Å². The van der Waals surface area contributed by atoms with Crippen molar-refractivity contribution in [2.45, 2.75) is 51.2 Å². The third kappa shape index (κ3) is 4.66. The Labute approximate surface area is 155 Å². The highest BCUT2D eigenvalue weighted by Gasteiger charge is 2.28. The molecule has 1 aromatic carbocycles. The zero-order valence-corrected chi connectivity index (χ0v) is 16.1. The van der Waals surface area contributed by atoms with Crippen LogP contribution < -0.4 is 0 Å². The van der Waals surface area contributed by atoms with Crippen molar-refractivity contribution in [3.8, 4) is 0 Å². The van der Waals surface area contributed by atoms with Crippen LogP contribution in [0, 0.1) is 0 Å². The summed E-state index contributed by atoms with van der Waals surface area (Å²) in [5.74, 6) is 0. The fraction of sp³-hybridized carbons (Fsp3) is 0.474. The van der Waals surface area contributed by atoms with E-state index in [0.29, 0.717) is 13.1 Å². The van der Waals surface area contributed by atoms with Gasteiger partial charge < -0.3 is 4.57 Å². The molecule has 3 rings (SSSR count). The smallest absolute Gasteiger partial charge is 0.211 e. The Bertz CT molecular complexity index is 810. The van der Waals surface area contributed by atoms with Crippen molar-refractivity contribution in [2.24, 2.45) is 0 Å². The molecule has 1 heterocycles. The highest BCUT2D eigenvalue weighted by Crippen LogP contribution is 2.26. The maximum atomic E-state index is 12.4. The molecule has 1 saturated carbocycles. The fourth-order valence-electron chi connectivity index (χ4n) is 3.60. The van der Waals surface area contributed by atoms with E-state index < -0.39 is 10.0 Å². The van der Waals surface area contributed by atoms with Crippen LogP contribution in [0.15, 0.2) is 42.6 Å². The van der Waals surface area contributed by atoms with E-state index in [-0.39, 0.29) is 6.04 Å². The van der Waals surface area contributed by atoms with Crippen LogP contribution in [0.2, 0.25) is 5.02 Å². The number of hydrogen-bond acceptors (Lipinski definition) is 2. The van der Waals surface area contributed by atoms with E-state index >= 15 is 0 Å². The first-order valence-electron chi connectivity index (χ1n) is 8.79. The molecule has 0 unspecified atom stereocenters. The first kappa shape index (κ1) is 18.5. The Hall–Kier alpha value is -1.30. The first-order valence-corrected chi connectivity index (χ1v) is 11.0. The van der Waals surface area contributed by atoms with Gasteiger partial charge in [0.1, 0.15) is 0 Å². The SMILES string of the molecule is CS(=O)(=O)N(Cc1cccn1Cc1ccccc1Cl)C1CCCCC1. The van der Waals surface area contributed by atoms with Crippen LogP contribution in [-0.4, -0.2) is 29.6 Å². The summed E-state index contributed by atoms with van der Waals surface area (Å²) in [6.07, 6.45) is 8.64. The molecule has 0 saturated heterocycles. The van der Waals surface area contributed by atoms with Gasteiger partial charge in [-0.3, -0.25) is 0 Å². The summed E-state index contributed by atoms with van der Waals surface area (Å²) in [4.78, 5) is 0. The average molecular weight is 381 g/mol. The highest BCUT2D eigenvalue weighted by molar-refractivity contribution is 7.88. The molecule has 1 aliphatic rings. The van der Waals surface area contributed by atoms with Crippen molar-refractivity contribution in [1.29, 1.82) is 0 Å². The quantitative estimate of drug-likeness (QED) is 0.750. The number of hydrogen-bond donors (Lipinski definition) is 0. The lowest BCUT2D eigenvalue weighted by molar-refractivity contribution is 0.245. The minimum absolute atomic E-state index is 0.118. The Morgan fingerprint density at radius 1 is 1.12 bits per heavy atom. The second-order valence-corrected chi connectivity index (χ2v) is 9.16. The highest BCUT2D eigenvalue weighted by atomic mass is 35.5. The van der Waals surface area contributed by atoms with Gasteiger partial charge in [0, 0.05) is 29.5 Å². The van der Waals surface area contributed by atoms with Gasteiger partial charge in [-0.1, -0.05) is 49.1 Å². The molecule has 0 atom stereocenters. The van der Waals surface area contributed by atoms with Crippen LogP contribution in [0.3, 0.4) is 0 Å². The standard InChI is InChI=1S/C19H25ClN2O2S/c1-25(23,24)22(17-9-3-2-4-10-17)15-18-11-7-13-21(18)14-16-8-5-6-12-19(16)20/h5-8,11-13,17H,2-4,9-10,14-15H2,1H3. The van der Waals surface area contributed by atoms with Gasteiger partial charge >= 0.3 is 0 Å². The Balaban J connectivity index is 1.81. The van der Waals surface area contributed by atoms with Gasteiger partial charge in [0.05, 0.1) is 12.8 Å². The summed E-state index contributed by atoms with van der Waals surface area (Å²) in [7, 11) is -3.24. The first-order chi connectivity index (χ1) is 11.9. The van der Waals surface area contributed by atoms with E-state index in [1.54, 1.807) is 4.31 Å². The number of sulfonamides is 1. The molecule has 136 valence electrons. The van der Waals surface area contributed by atoms with E-state index in [4.69, 9.17) is 11.6 Å². The maximum absolute atomic E-state index is 12.4. The normalized spacial score (nSPS) is 16.4. The lowest BCUT2D eigenvalue weighted by Gasteiger charge is -2.32. The minimum Gasteiger partial charge on any atom is -0.346 e.